The van der Waals surface area contributed by atoms with Gasteiger partial charge in [-0.2, -0.15) is 11.8 Å². The molecule has 2 rings (SSSR count). The number of halogens is 1. The summed E-state index contributed by atoms with van der Waals surface area (Å²) >= 11 is 2.07. The first-order chi connectivity index (χ1) is 10.8. The fourth-order valence-corrected chi connectivity index (χ4v) is 3.61. The molecule has 0 bridgehead atoms. The van der Waals surface area contributed by atoms with Crippen LogP contribution in [0.5, 0.6) is 0 Å². The van der Waals surface area contributed by atoms with E-state index in [0.29, 0.717) is 11.2 Å². The molecule has 1 N–H and O–H groups in total. The average molecular weight is 350 g/mol. The van der Waals surface area contributed by atoms with Gasteiger partial charge in [0.05, 0.1) is 0 Å². The van der Waals surface area contributed by atoms with E-state index in [1.807, 2.05) is 0 Å². The SMILES string of the molecule is CC(C)C(CNCCc1ccccc1)SCc1ccccc1.Cl. The van der Waals surface area contributed by atoms with E-state index in [1.54, 1.807) is 0 Å². The van der Waals surface area contributed by atoms with E-state index in [1.165, 1.54) is 11.1 Å². The molecule has 0 fully saturated rings. The molecular formula is C20H28ClNS. The lowest BCUT2D eigenvalue weighted by atomic mass is 10.1. The third-order valence-corrected chi connectivity index (χ3v) is 5.47. The standard InChI is InChI=1S/C20H27NS.ClH/c1-17(2)20(22-16-19-11-7-4-8-12-19)15-21-14-13-18-9-5-3-6-10-18;/h3-12,17,20-21H,13-16H2,1-2H3;1H. The zero-order valence-electron chi connectivity index (χ0n) is 14.1. The molecule has 2 aromatic rings. The molecule has 1 unspecified atom stereocenters. The lowest BCUT2D eigenvalue weighted by Crippen LogP contribution is -2.30. The number of hydrogen-bond donors (Lipinski definition) is 1. The fraction of sp³-hybridized carbons (Fsp3) is 0.400. The van der Waals surface area contributed by atoms with Gasteiger partial charge in [-0.25, -0.2) is 0 Å². The molecule has 0 aliphatic heterocycles. The predicted molar refractivity (Wildman–Crippen MR) is 107 cm³/mol. The maximum Gasteiger partial charge on any atom is 0.0198 e. The Kier molecular flexibility index (Phi) is 10.1. The van der Waals surface area contributed by atoms with Gasteiger partial charge >= 0.3 is 0 Å². The van der Waals surface area contributed by atoms with Crippen LogP contribution in [0.1, 0.15) is 25.0 Å². The molecule has 126 valence electrons. The quantitative estimate of drug-likeness (QED) is 0.624. The predicted octanol–water partition coefficient (Wildman–Crippen LogP) is 5.20. The minimum Gasteiger partial charge on any atom is -0.315 e. The van der Waals surface area contributed by atoms with Crippen molar-refractivity contribution in [2.24, 2.45) is 5.92 Å². The fourth-order valence-electron chi connectivity index (χ4n) is 2.39. The molecule has 2 aromatic carbocycles. The first-order valence-electron chi connectivity index (χ1n) is 8.16. The van der Waals surface area contributed by atoms with E-state index in [4.69, 9.17) is 0 Å². The Morgan fingerprint density at radius 2 is 1.43 bits per heavy atom. The van der Waals surface area contributed by atoms with Crippen molar-refractivity contribution in [1.29, 1.82) is 0 Å². The summed E-state index contributed by atoms with van der Waals surface area (Å²) in [5.41, 5.74) is 2.83. The highest BCUT2D eigenvalue weighted by molar-refractivity contribution is 7.99. The Morgan fingerprint density at radius 1 is 0.870 bits per heavy atom. The van der Waals surface area contributed by atoms with Gasteiger partial charge in [0.15, 0.2) is 0 Å². The highest BCUT2D eigenvalue weighted by Gasteiger charge is 2.13. The van der Waals surface area contributed by atoms with Crippen molar-refractivity contribution in [3.05, 3.63) is 71.8 Å². The lowest BCUT2D eigenvalue weighted by molar-refractivity contribution is 0.554. The van der Waals surface area contributed by atoms with Gasteiger partial charge < -0.3 is 5.32 Å². The number of nitrogens with one attached hydrogen (secondary N) is 1. The molecule has 0 saturated carbocycles. The second kappa shape index (κ2) is 11.6. The largest absolute Gasteiger partial charge is 0.315 e. The van der Waals surface area contributed by atoms with Crippen molar-refractivity contribution in [2.75, 3.05) is 13.1 Å². The van der Waals surface area contributed by atoms with Crippen molar-refractivity contribution < 1.29 is 0 Å². The summed E-state index contributed by atoms with van der Waals surface area (Å²) in [6.45, 7) is 6.78. The Labute approximate surface area is 151 Å². The van der Waals surface area contributed by atoms with Gasteiger partial charge in [-0.05, 0) is 30.0 Å². The smallest absolute Gasteiger partial charge is 0.0198 e. The van der Waals surface area contributed by atoms with Crippen molar-refractivity contribution in [1.82, 2.24) is 5.32 Å². The van der Waals surface area contributed by atoms with Crippen LogP contribution in [0, 0.1) is 5.92 Å². The molecule has 1 nitrogen and oxygen atoms in total. The summed E-state index contributed by atoms with van der Waals surface area (Å²) in [6, 6.07) is 21.5. The molecule has 0 spiro atoms. The summed E-state index contributed by atoms with van der Waals surface area (Å²) in [5, 5.41) is 4.29. The normalized spacial score (nSPS) is 12.0. The number of rotatable bonds is 9. The minimum atomic E-state index is 0. The Morgan fingerprint density at radius 3 is 2.00 bits per heavy atom. The van der Waals surface area contributed by atoms with E-state index >= 15 is 0 Å². The van der Waals surface area contributed by atoms with Gasteiger partial charge in [0.25, 0.3) is 0 Å². The highest BCUT2D eigenvalue weighted by Crippen LogP contribution is 2.23. The van der Waals surface area contributed by atoms with Crippen LogP contribution in [0.25, 0.3) is 0 Å². The van der Waals surface area contributed by atoms with E-state index in [9.17, 15) is 0 Å². The molecule has 0 saturated heterocycles. The van der Waals surface area contributed by atoms with E-state index < -0.39 is 0 Å². The summed E-state index contributed by atoms with van der Waals surface area (Å²) in [6.07, 6.45) is 1.11. The third-order valence-electron chi connectivity index (χ3n) is 3.83. The van der Waals surface area contributed by atoms with Gasteiger partial charge in [-0.15, -0.1) is 12.4 Å². The summed E-state index contributed by atoms with van der Waals surface area (Å²) < 4.78 is 0. The van der Waals surface area contributed by atoms with Crippen molar-refractivity contribution >= 4 is 24.2 Å². The first kappa shape index (κ1) is 20.1. The van der Waals surface area contributed by atoms with Gasteiger partial charge in [0, 0.05) is 17.5 Å². The summed E-state index contributed by atoms with van der Waals surface area (Å²) in [7, 11) is 0. The van der Waals surface area contributed by atoms with Crippen LogP contribution >= 0.6 is 24.2 Å². The van der Waals surface area contributed by atoms with Crippen LogP contribution in [-0.2, 0) is 12.2 Å². The van der Waals surface area contributed by atoms with Gasteiger partial charge in [0.1, 0.15) is 0 Å². The van der Waals surface area contributed by atoms with Crippen LogP contribution in [-0.4, -0.2) is 18.3 Å². The molecule has 1 atom stereocenters. The van der Waals surface area contributed by atoms with E-state index in [0.717, 1.165) is 25.3 Å². The molecule has 0 heterocycles. The number of hydrogen-bond acceptors (Lipinski definition) is 2. The van der Waals surface area contributed by atoms with Crippen molar-refractivity contribution in [2.45, 2.75) is 31.3 Å². The van der Waals surface area contributed by atoms with Gasteiger partial charge in [-0.1, -0.05) is 74.5 Å². The maximum absolute atomic E-state index is 3.63. The molecule has 0 aliphatic rings. The number of thioether (sulfide) groups is 1. The Bertz CT molecular complexity index is 516. The summed E-state index contributed by atoms with van der Waals surface area (Å²) in [5.74, 6) is 1.79. The second-order valence-electron chi connectivity index (χ2n) is 6.02. The average Bonchev–Trinajstić information content (AvgIpc) is 2.55. The minimum absolute atomic E-state index is 0. The van der Waals surface area contributed by atoms with Crippen LogP contribution in [0.4, 0.5) is 0 Å². The molecule has 0 aromatic heterocycles. The van der Waals surface area contributed by atoms with Crippen LogP contribution < -0.4 is 5.32 Å². The third kappa shape index (κ3) is 7.92. The maximum atomic E-state index is 3.63. The second-order valence-corrected chi connectivity index (χ2v) is 7.25. The zero-order valence-corrected chi connectivity index (χ0v) is 15.7. The van der Waals surface area contributed by atoms with Crippen LogP contribution in [0.15, 0.2) is 60.7 Å². The molecule has 3 heteroatoms. The highest BCUT2D eigenvalue weighted by atomic mass is 35.5. The Hall–Kier alpha value is -0.960. The number of benzene rings is 2. The lowest BCUT2D eigenvalue weighted by Gasteiger charge is -2.21. The Balaban J connectivity index is 0.00000264. The van der Waals surface area contributed by atoms with Gasteiger partial charge in [-0.3, -0.25) is 0 Å². The van der Waals surface area contributed by atoms with Gasteiger partial charge in [0.2, 0.25) is 0 Å². The zero-order chi connectivity index (χ0) is 15.6. The van der Waals surface area contributed by atoms with Crippen LogP contribution in [0.2, 0.25) is 0 Å². The van der Waals surface area contributed by atoms with Crippen molar-refractivity contribution in [3.63, 3.8) is 0 Å². The van der Waals surface area contributed by atoms with Crippen molar-refractivity contribution in [3.8, 4) is 0 Å². The monoisotopic (exact) mass is 349 g/mol. The van der Waals surface area contributed by atoms with Crippen LogP contribution in [0.3, 0.4) is 0 Å². The molecule has 23 heavy (non-hydrogen) atoms. The molecule has 0 amide bonds. The van der Waals surface area contributed by atoms with E-state index in [-0.39, 0.29) is 12.4 Å². The molecular weight excluding hydrogens is 322 g/mol. The topological polar surface area (TPSA) is 12.0 Å². The molecule has 0 aliphatic carbocycles. The summed E-state index contributed by atoms with van der Waals surface area (Å²) in [4.78, 5) is 0. The molecule has 0 radical (unpaired) electrons. The first-order valence-corrected chi connectivity index (χ1v) is 9.20. The van der Waals surface area contributed by atoms with E-state index in [2.05, 4.69) is 91.6 Å².